The molecular formula is C24H24ClN7O5S. The Hall–Kier alpha value is -3.58. The zero-order valence-electron chi connectivity index (χ0n) is 20.1. The predicted octanol–water partition coefficient (Wildman–Crippen LogP) is 4.21. The highest BCUT2D eigenvalue weighted by molar-refractivity contribution is 7.92. The van der Waals surface area contributed by atoms with Crippen molar-refractivity contribution in [1.29, 1.82) is 0 Å². The van der Waals surface area contributed by atoms with Gasteiger partial charge in [0.2, 0.25) is 5.69 Å². The van der Waals surface area contributed by atoms with Crippen LogP contribution in [0.15, 0.2) is 47.5 Å². The molecule has 7 rings (SSSR count). The normalized spacial score (nSPS) is 25.8. The number of amides is 1. The van der Waals surface area contributed by atoms with Crippen LogP contribution in [-0.2, 0) is 15.6 Å². The number of nitro groups is 1. The minimum Gasteiger partial charge on any atom is -0.320 e. The number of nitrogens with zero attached hydrogens (tertiary/aromatic N) is 5. The molecule has 2 N–H and O–H groups in total. The van der Waals surface area contributed by atoms with Crippen molar-refractivity contribution >= 4 is 44.7 Å². The Kier molecular flexibility index (Phi) is 5.87. The van der Waals surface area contributed by atoms with E-state index < -0.39 is 20.9 Å². The van der Waals surface area contributed by atoms with Crippen molar-refractivity contribution in [2.75, 3.05) is 10.0 Å². The first-order valence-electron chi connectivity index (χ1n) is 12.3. The van der Waals surface area contributed by atoms with Gasteiger partial charge < -0.3 is 5.32 Å². The third kappa shape index (κ3) is 4.49. The summed E-state index contributed by atoms with van der Waals surface area (Å²) in [6.45, 7) is 0. The summed E-state index contributed by atoms with van der Waals surface area (Å²) in [5.41, 5.74) is -0.606. The van der Waals surface area contributed by atoms with E-state index in [0.717, 1.165) is 19.3 Å². The summed E-state index contributed by atoms with van der Waals surface area (Å²) in [4.78, 5) is 24.2. The smallest absolute Gasteiger partial charge is 0.320 e. The van der Waals surface area contributed by atoms with Crippen molar-refractivity contribution in [3.8, 4) is 0 Å². The van der Waals surface area contributed by atoms with Gasteiger partial charge >= 0.3 is 5.69 Å². The number of aromatic nitrogens is 4. The van der Waals surface area contributed by atoms with Crippen LogP contribution in [0.25, 0.3) is 0 Å². The molecule has 198 valence electrons. The molecule has 0 radical (unpaired) electrons. The fraction of sp³-hybridized carbons (Fsp3) is 0.417. The molecule has 4 saturated carbocycles. The molecule has 0 saturated heterocycles. The van der Waals surface area contributed by atoms with E-state index in [4.69, 9.17) is 11.6 Å². The maximum absolute atomic E-state index is 13.1. The van der Waals surface area contributed by atoms with E-state index in [1.165, 1.54) is 61.9 Å². The molecule has 0 spiro atoms. The molecule has 2 heterocycles. The Morgan fingerprint density at radius 2 is 1.66 bits per heavy atom. The van der Waals surface area contributed by atoms with Gasteiger partial charge in [-0.2, -0.15) is 5.10 Å². The molecule has 38 heavy (non-hydrogen) atoms. The van der Waals surface area contributed by atoms with Gasteiger partial charge in [0.05, 0.1) is 15.4 Å². The van der Waals surface area contributed by atoms with Gasteiger partial charge in [-0.1, -0.05) is 11.6 Å². The number of benzene rings is 1. The number of hydrogen-bond acceptors (Lipinski definition) is 8. The van der Waals surface area contributed by atoms with Crippen LogP contribution < -0.4 is 10.0 Å². The fourth-order valence-corrected chi connectivity index (χ4v) is 7.82. The molecule has 1 amide bonds. The molecule has 4 aliphatic carbocycles. The van der Waals surface area contributed by atoms with Crippen LogP contribution in [0.1, 0.15) is 49.0 Å². The second-order valence-electron chi connectivity index (χ2n) is 10.5. The summed E-state index contributed by atoms with van der Waals surface area (Å²) in [7, 11) is -3.97. The molecule has 12 nitrogen and oxygen atoms in total. The number of anilines is 2. The molecular weight excluding hydrogens is 534 g/mol. The summed E-state index contributed by atoms with van der Waals surface area (Å²) >= 11 is 5.67. The summed E-state index contributed by atoms with van der Waals surface area (Å²) in [6.07, 6.45) is 7.85. The van der Waals surface area contributed by atoms with Crippen LogP contribution in [0.4, 0.5) is 17.2 Å². The lowest BCUT2D eigenvalue weighted by molar-refractivity contribution is -0.385. The highest BCUT2D eigenvalue weighted by atomic mass is 35.5. The minimum atomic E-state index is -3.97. The summed E-state index contributed by atoms with van der Waals surface area (Å²) in [5.74, 6) is 1.09. The van der Waals surface area contributed by atoms with E-state index in [-0.39, 0.29) is 38.5 Å². The van der Waals surface area contributed by atoms with Crippen LogP contribution in [-0.4, -0.2) is 39.2 Å². The molecule has 0 aliphatic heterocycles. The van der Waals surface area contributed by atoms with Crippen molar-refractivity contribution in [2.45, 2.75) is 49.0 Å². The topological polar surface area (TPSA) is 162 Å². The van der Waals surface area contributed by atoms with Crippen LogP contribution in [0.5, 0.6) is 0 Å². The van der Waals surface area contributed by atoms with Gasteiger partial charge in [-0.25, -0.2) is 8.42 Å². The van der Waals surface area contributed by atoms with Crippen molar-refractivity contribution in [2.24, 2.45) is 17.8 Å². The lowest BCUT2D eigenvalue weighted by Gasteiger charge is -2.56. The van der Waals surface area contributed by atoms with Crippen molar-refractivity contribution in [3.05, 3.63) is 63.6 Å². The third-order valence-electron chi connectivity index (χ3n) is 7.89. The third-order valence-corrected chi connectivity index (χ3v) is 9.46. The standard InChI is InChI=1S/C24H24ClN7O5S/c25-20-5-6-21(28-27-20)30-38(36,37)18-3-1-17(2-4-18)26-23(33)22-19(32(34)35)13-31(29-22)24-10-14-7-15(11-24)9-16(8-14)12-24/h1-6,13-16H,7-12H2,(H,26,33)(H,28,30). The molecule has 2 aromatic heterocycles. The molecule has 0 unspecified atom stereocenters. The quantitative estimate of drug-likeness (QED) is 0.322. The highest BCUT2D eigenvalue weighted by Crippen LogP contribution is 2.58. The fourth-order valence-electron chi connectivity index (χ4n) is 6.72. The Morgan fingerprint density at radius 1 is 1.03 bits per heavy atom. The van der Waals surface area contributed by atoms with Gasteiger partial charge in [0.1, 0.15) is 6.20 Å². The average Bonchev–Trinajstić information content (AvgIpc) is 3.32. The van der Waals surface area contributed by atoms with Crippen LogP contribution in [0.3, 0.4) is 0 Å². The lowest BCUT2D eigenvalue weighted by atomic mass is 9.53. The zero-order chi connectivity index (χ0) is 26.7. The number of nitrogens with one attached hydrogen (secondary N) is 2. The Morgan fingerprint density at radius 3 is 2.21 bits per heavy atom. The molecule has 14 heteroatoms. The lowest BCUT2D eigenvalue weighted by Crippen LogP contribution is -2.52. The second kappa shape index (κ2) is 9.02. The molecule has 4 bridgehead atoms. The minimum absolute atomic E-state index is 0.00584. The van der Waals surface area contributed by atoms with Crippen molar-refractivity contribution in [3.63, 3.8) is 0 Å². The SMILES string of the molecule is O=C(Nc1ccc(S(=O)(=O)Nc2ccc(Cl)nn2)cc1)c1nn(C23CC4CC(CC(C4)C2)C3)cc1[N+](=O)[O-]. The van der Waals surface area contributed by atoms with Crippen LogP contribution in [0.2, 0.25) is 5.15 Å². The number of rotatable bonds is 7. The second-order valence-corrected chi connectivity index (χ2v) is 12.6. The van der Waals surface area contributed by atoms with E-state index >= 15 is 0 Å². The Bertz CT molecular complexity index is 1490. The molecule has 3 aromatic rings. The summed E-state index contributed by atoms with van der Waals surface area (Å²) in [5, 5.41) is 26.3. The average molecular weight is 558 g/mol. The highest BCUT2D eigenvalue weighted by Gasteiger charge is 2.53. The zero-order valence-corrected chi connectivity index (χ0v) is 21.7. The largest absolute Gasteiger partial charge is 0.320 e. The van der Waals surface area contributed by atoms with E-state index in [1.54, 1.807) is 4.68 Å². The van der Waals surface area contributed by atoms with Crippen molar-refractivity contribution < 1.29 is 18.1 Å². The summed E-state index contributed by atoms with van der Waals surface area (Å²) < 4.78 is 29.3. The number of carbonyl (C=O) groups is 1. The first kappa shape index (κ1) is 24.7. The van der Waals surface area contributed by atoms with Gasteiger partial charge in [-0.15, -0.1) is 10.2 Å². The Balaban J connectivity index is 1.20. The molecule has 1 aromatic carbocycles. The maximum atomic E-state index is 13.1. The van der Waals surface area contributed by atoms with Gasteiger partial charge in [-0.3, -0.25) is 24.3 Å². The predicted molar refractivity (Wildman–Crippen MR) is 137 cm³/mol. The molecule has 4 aliphatic rings. The van der Waals surface area contributed by atoms with E-state index in [2.05, 4.69) is 25.3 Å². The van der Waals surface area contributed by atoms with Crippen LogP contribution >= 0.6 is 11.6 Å². The van der Waals surface area contributed by atoms with Crippen LogP contribution in [0, 0.1) is 27.9 Å². The van der Waals surface area contributed by atoms with E-state index in [1.807, 2.05) is 0 Å². The van der Waals surface area contributed by atoms with Gasteiger partial charge in [0.25, 0.3) is 15.9 Å². The van der Waals surface area contributed by atoms with E-state index in [0.29, 0.717) is 17.8 Å². The van der Waals surface area contributed by atoms with Gasteiger partial charge in [0.15, 0.2) is 11.0 Å². The summed E-state index contributed by atoms with van der Waals surface area (Å²) in [6, 6.07) is 8.14. The maximum Gasteiger partial charge on any atom is 0.320 e. The number of hydrogen-bond donors (Lipinski definition) is 2. The van der Waals surface area contributed by atoms with Gasteiger partial charge in [-0.05, 0) is 92.7 Å². The number of carbonyl (C=O) groups excluding carboxylic acids is 1. The first-order valence-corrected chi connectivity index (χ1v) is 14.1. The monoisotopic (exact) mass is 557 g/mol. The van der Waals surface area contributed by atoms with Crippen molar-refractivity contribution in [1.82, 2.24) is 20.0 Å². The number of halogens is 1. The Labute approximate surface area is 223 Å². The van der Waals surface area contributed by atoms with E-state index in [9.17, 15) is 23.3 Å². The van der Waals surface area contributed by atoms with Gasteiger partial charge in [0, 0.05) is 5.69 Å². The molecule has 0 atom stereocenters. The number of sulfonamides is 1. The molecule has 4 fully saturated rings. The first-order chi connectivity index (χ1) is 18.1.